The molecule has 5 heteroatoms. The van der Waals surface area contributed by atoms with Gasteiger partial charge in [-0.1, -0.05) is 31.9 Å². The van der Waals surface area contributed by atoms with Gasteiger partial charge >= 0.3 is 5.97 Å². The highest BCUT2D eigenvalue weighted by atomic mass is 35.5. The molecule has 0 spiro atoms. The zero-order valence-corrected chi connectivity index (χ0v) is 15.1. The number of hydrogen-bond donors (Lipinski definition) is 2. The molecule has 0 bridgehead atoms. The maximum atomic E-state index is 11.7. The van der Waals surface area contributed by atoms with Gasteiger partial charge < -0.3 is 14.9 Å². The molecule has 4 nitrogen and oxygen atoms in total. The summed E-state index contributed by atoms with van der Waals surface area (Å²) in [6.45, 7) is 6.42. The van der Waals surface area contributed by atoms with Crippen LogP contribution < -0.4 is 0 Å². The number of rotatable bonds is 7. The molecule has 0 aromatic rings. The molecule has 23 heavy (non-hydrogen) atoms. The van der Waals surface area contributed by atoms with Gasteiger partial charge in [-0.3, -0.25) is 0 Å². The van der Waals surface area contributed by atoms with E-state index in [9.17, 15) is 15.0 Å². The zero-order chi connectivity index (χ0) is 17.6. The summed E-state index contributed by atoms with van der Waals surface area (Å²) in [4.78, 5) is 11.7. The fourth-order valence-corrected chi connectivity index (χ4v) is 2.78. The third kappa shape index (κ3) is 5.70. The van der Waals surface area contributed by atoms with Gasteiger partial charge in [-0.25, -0.2) is 4.79 Å². The van der Waals surface area contributed by atoms with Crippen LogP contribution in [-0.4, -0.2) is 34.8 Å². The first kappa shape index (κ1) is 19.8. The molecule has 2 unspecified atom stereocenters. The van der Waals surface area contributed by atoms with Crippen LogP contribution in [0, 0.1) is 5.92 Å². The molecule has 0 radical (unpaired) electrons. The molecule has 130 valence electrons. The second-order valence-corrected chi connectivity index (χ2v) is 6.88. The quantitative estimate of drug-likeness (QED) is 0.416. The molecule has 0 heterocycles. The number of aliphatic hydroxyl groups excluding tert-OH is 2. The molecule has 2 atom stereocenters. The summed E-state index contributed by atoms with van der Waals surface area (Å²) in [5.74, 6) is -0.206. The highest BCUT2D eigenvalue weighted by Gasteiger charge is 2.32. The molecule has 1 aliphatic rings. The van der Waals surface area contributed by atoms with Crippen LogP contribution in [0.15, 0.2) is 34.6 Å². The Balaban J connectivity index is 2.83. The monoisotopic (exact) mass is 342 g/mol. The van der Waals surface area contributed by atoms with E-state index in [1.165, 1.54) is 25.2 Å². The van der Waals surface area contributed by atoms with Gasteiger partial charge in [0.2, 0.25) is 0 Å². The van der Waals surface area contributed by atoms with Gasteiger partial charge in [-0.05, 0) is 38.2 Å². The lowest BCUT2D eigenvalue weighted by Crippen LogP contribution is -2.29. The molecular formula is C18H27ClO4. The van der Waals surface area contributed by atoms with Gasteiger partial charge in [0, 0.05) is 5.57 Å². The smallest absolute Gasteiger partial charge is 0.341 e. The minimum Gasteiger partial charge on any atom is -0.507 e. The van der Waals surface area contributed by atoms with Gasteiger partial charge in [0.05, 0.1) is 24.2 Å². The van der Waals surface area contributed by atoms with Gasteiger partial charge in [0.25, 0.3) is 0 Å². The second-order valence-electron chi connectivity index (χ2n) is 6.38. The number of halogens is 1. The number of carbonyl (C=O) groups excluding carboxylic acids is 1. The Hall–Kier alpha value is -1.26. The van der Waals surface area contributed by atoms with Crippen LogP contribution in [0.3, 0.4) is 0 Å². The molecule has 0 saturated heterocycles. The Labute approximate surface area is 143 Å². The second kappa shape index (κ2) is 9.14. The number of aliphatic hydroxyl groups is 2. The van der Waals surface area contributed by atoms with Gasteiger partial charge in [0.1, 0.15) is 5.76 Å². The molecule has 1 aliphatic carbocycles. The first-order chi connectivity index (χ1) is 10.8. The van der Waals surface area contributed by atoms with Gasteiger partial charge in [0.15, 0.2) is 0 Å². The van der Waals surface area contributed by atoms with Crippen LogP contribution in [0.5, 0.6) is 0 Å². The Morgan fingerprint density at radius 1 is 1.48 bits per heavy atom. The van der Waals surface area contributed by atoms with Crippen molar-refractivity contribution in [3.05, 3.63) is 34.6 Å². The van der Waals surface area contributed by atoms with Crippen LogP contribution in [-0.2, 0) is 9.53 Å². The minimum absolute atomic E-state index is 0.0126. The van der Waals surface area contributed by atoms with E-state index in [1.54, 1.807) is 0 Å². The van der Waals surface area contributed by atoms with E-state index in [-0.39, 0.29) is 11.3 Å². The average molecular weight is 343 g/mol. The predicted octanol–water partition coefficient (Wildman–Crippen LogP) is 4.04. The summed E-state index contributed by atoms with van der Waals surface area (Å²) in [5, 5.41) is 19.6. The predicted molar refractivity (Wildman–Crippen MR) is 92.5 cm³/mol. The van der Waals surface area contributed by atoms with E-state index < -0.39 is 17.5 Å². The van der Waals surface area contributed by atoms with Crippen molar-refractivity contribution in [3.8, 4) is 0 Å². The molecule has 0 fully saturated rings. The maximum absolute atomic E-state index is 11.7. The Kier molecular flexibility index (Phi) is 7.86. The Bertz CT molecular complexity index is 517. The third-order valence-electron chi connectivity index (χ3n) is 3.97. The standard InChI is InChI=1S/C18H27ClO4/c1-11(2)6-5-7-12(3)8-9-13-16(20)14(18(22)23-4)10-15(19)17(13)21/h8,10-11,15,17,20-21H,5-7,9H2,1-4H3/b12-8+. The van der Waals surface area contributed by atoms with E-state index >= 15 is 0 Å². The molecule has 0 aromatic heterocycles. The van der Waals surface area contributed by atoms with Crippen LogP contribution in [0.1, 0.15) is 46.5 Å². The topological polar surface area (TPSA) is 66.8 Å². The summed E-state index contributed by atoms with van der Waals surface area (Å²) in [6.07, 6.45) is 5.91. The first-order valence-corrected chi connectivity index (χ1v) is 8.41. The summed E-state index contributed by atoms with van der Waals surface area (Å²) in [7, 11) is 1.24. The highest BCUT2D eigenvalue weighted by Crippen LogP contribution is 2.30. The van der Waals surface area contributed by atoms with Crippen molar-refractivity contribution in [2.75, 3.05) is 7.11 Å². The maximum Gasteiger partial charge on any atom is 0.341 e. The van der Waals surface area contributed by atoms with E-state index in [0.717, 1.165) is 12.8 Å². The SMILES string of the molecule is COC(=O)C1=CC(Cl)C(O)C(C/C=C(\C)CCCC(C)C)=C1O. The number of esters is 1. The highest BCUT2D eigenvalue weighted by molar-refractivity contribution is 6.23. The summed E-state index contributed by atoms with van der Waals surface area (Å²) >= 11 is 6.06. The lowest BCUT2D eigenvalue weighted by atomic mass is 9.91. The minimum atomic E-state index is -1.01. The van der Waals surface area contributed by atoms with Crippen molar-refractivity contribution in [1.29, 1.82) is 0 Å². The number of ether oxygens (including phenoxy) is 1. The van der Waals surface area contributed by atoms with Crippen molar-refractivity contribution in [3.63, 3.8) is 0 Å². The molecular weight excluding hydrogens is 316 g/mol. The number of methoxy groups -OCH3 is 1. The van der Waals surface area contributed by atoms with Crippen LogP contribution >= 0.6 is 11.6 Å². The van der Waals surface area contributed by atoms with Crippen LogP contribution in [0.2, 0.25) is 0 Å². The van der Waals surface area contributed by atoms with Crippen molar-refractivity contribution in [2.45, 2.75) is 57.9 Å². The van der Waals surface area contributed by atoms with Gasteiger partial charge in [-0.15, -0.1) is 11.6 Å². The number of carbonyl (C=O) groups is 1. The normalized spacial score (nSPS) is 22.4. The largest absolute Gasteiger partial charge is 0.507 e. The lowest BCUT2D eigenvalue weighted by Gasteiger charge is -2.24. The van der Waals surface area contributed by atoms with Crippen molar-refractivity contribution < 1.29 is 19.7 Å². The average Bonchev–Trinajstić information content (AvgIpc) is 2.49. The molecule has 0 saturated carbocycles. The third-order valence-corrected chi connectivity index (χ3v) is 4.34. The number of alkyl halides is 1. The lowest BCUT2D eigenvalue weighted by molar-refractivity contribution is -0.136. The van der Waals surface area contributed by atoms with E-state index in [2.05, 4.69) is 18.6 Å². The summed E-state index contributed by atoms with van der Waals surface area (Å²) < 4.78 is 4.64. The fraction of sp³-hybridized carbons (Fsp3) is 0.611. The van der Waals surface area contributed by atoms with Crippen molar-refractivity contribution >= 4 is 17.6 Å². The van der Waals surface area contributed by atoms with Crippen LogP contribution in [0.4, 0.5) is 0 Å². The molecule has 0 aromatic carbocycles. The summed E-state index contributed by atoms with van der Waals surface area (Å²) in [5.41, 5.74) is 1.56. The van der Waals surface area contributed by atoms with Crippen LogP contribution in [0.25, 0.3) is 0 Å². The van der Waals surface area contributed by atoms with Crippen molar-refractivity contribution in [2.24, 2.45) is 5.92 Å². The molecule has 2 N–H and O–H groups in total. The van der Waals surface area contributed by atoms with Crippen molar-refractivity contribution in [1.82, 2.24) is 0 Å². The number of allylic oxidation sites excluding steroid dienone is 2. The molecule has 0 aliphatic heterocycles. The Morgan fingerprint density at radius 2 is 2.13 bits per heavy atom. The van der Waals surface area contributed by atoms with Gasteiger partial charge in [-0.2, -0.15) is 0 Å². The molecule has 0 amide bonds. The first-order valence-electron chi connectivity index (χ1n) is 7.98. The van der Waals surface area contributed by atoms with E-state index in [0.29, 0.717) is 17.9 Å². The fourth-order valence-electron chi connectivity index (χ4n) is 2.50. The number of hydrogen-bond acceptors (Lipinski definition) is 4. The van der Waals surface area contributed by atoms with E-state index in [4.69, 9.17) is 11.6 Å². The summed E-state index contributed by atoms with van der Waals surface area (Å²) in [6, 6.07) is 0. The molecule has 1 rings (SSSR count). The van der Waals surface area contributed by atoms with E-state index in [1.807, 2.05) is 13.0 Å². The zero-order valence-electron chi connectivity index (χ0n) is 14.3. The Morgan fingerprint density at radius 3 is 2.70 bits per heavy atom.